The van der Waals surface area contributed by atoms with Gasteiger partial charge in [0.25, 0.3) is 0 Å². The van der Waals surface area contributed by atoms with Crippen LogP contribution in [0.5, 0.6) is 0 Å². The molecule has 1 heterocycles. The normalized spacial score (nSPS) is 24.5. The molecular formula is C14H19Cl2NO3S. The van der Waals surface area contributed by atoms with Crippen LogP contribution in [-0.4, -0.2) is 37.2 Å². The molecule has 0 aliphatic carbocycles. The molecular weight excluding hydrogens is 333 g/mol. The molecule has 0 radical (unpaired) electrons. The Morgan fingerprint density at radius 1 is 1.33 bits per heavy atom. The maximum atomic E-state index is 12.2. The third-order valence-electron chi connectivity index (χ3n) is 4.04. The lowest BCUT2D eigenvalue weighted by Gasteiger charge is -2.32. The summed E-state index contributed by atoms with van der Waals surface area (Å²) in [5.41, 5.74) is 6.40. The van der Waals surface area contributed by atoms with Gasteiger partial charge in [0.1, 0.15) is 0 Å². The second-order valence-corrected chi connectivity index (χ2v) is 8.58. The third kappa shape index (κ3) is 3.71. The van der Waals surface area contributed by atoms with E-state index in [0.717, 1.165) is 6.42 Å². The van der Waals surface area contributed by atoms with E-state index in [1.807, 2.05) is 0 Å². The van der Waals surface area contributed by atoms with Crippen molar-refractivity contribution in [1.82, 2.24) is 0 Å². The van der Waals surface area contributed by atoms with Gasteiger partial charge in [0.2, 0.25) is 0 Å². The lowest BCUT2D eigenvalue weighted by Crippen LogP contribution is -2.43. The topological polar surface area (TPSA) is 80.4 Å². The highest BCUT2D eigenvalue weighted by Crippen LogP contribution is 2.34. The maximum absolute atomic E-state index is 12.2. The Morgan fingerprint density at radius 2 is 2.05 bits per heavy atom. The second-order valence-electron chi connectivity index (χ2n) is 5.40. The van der Waals surface area contributed by atoms with Gasteiger partial charge in [-0.3, -0.25) is 0 Å². The van der Waals surface area contributed by atoms with Gasteiger partial charge in [-0.1, -0.05) is 35.7 Å². The highest BCUT2D eigenvalue weighted by molar-refractivity contribution is 7.92. The molecule has 1 aromatic rings. The molecule has 0 saturated carbocycles. The summed E-state index contributed by atoms with van der Waals surface area (Å²) in [5.74, 6) is -0.395. The minimum atomic E-state index is -3.28. The smallest absolute Gasteiger partial charge is 0.155 e. The quantitative estimate of drug-likeness (QED) is 0.872. The van der Waals surface area contributed by atoms with Gasteiger partial charge in [-0.25, -0.2) is 8.42 Å². The van der Waals surface area contributed by atoms with Crippen molar-refractivity contribution >= 4 is 33.0 Å². The fraction of sp³-hybridized carbons (Fsp3) is 0.571. The van der Waals surface area contributed by atoms with Crippen LogP contribution >= 0.6 is 23.2 Å². The van der Waals surface area contributed by atoms with Gasteiger partial charge in [0, 0.05) is 22.5 Å². The molecule has 3 N–H and O–H groups in total. The minimum absolute atomic E-state index is 0.120. The van der Waals surface area contributed by atoms with Crippen molar-refractivity contribution in [3.05, 3.63) is 33.8 Å². The van der Waals surface area contributed by atoms with Crippen LogP contribution in [0.25, 0.3) is 0 Å². The predicted octanol–water partition coefficient (Wildman–Crippen LogP) is 2.36. The highest BCUT2D eigenvalue weighted by Gasteiger charge is 2.39. The zero-order valence-corrected chi connectivity index (χ0v) is 13.8. The van der Waals surface area contributed by atoms with Crippen LogP contribution < -0.4 is 5.73 Å². The number of aliphatic hydroxyl groups is 1. The number of aliphatic hydroxyl groups excluding tert-OH is 1. The molecule has 0 aromatic heterocycles. The molecule has 1 aliphatic heterocycles. The summed E-state index contributed by atoms with van der Waals surface area (Å²) in [6.07, 6.45) is 0.859. The molecule has 1 aliphatic rings. The SMILES string of the molecule is NCC(c1ccc(Cl)cc1Cl)C(O)C1CCCCS1(=O)=O. The minimum Gasteiger partial charge on any atom is -0.391 e. The van der Waals surface area contributed by atoms with E-state index in [2.05, 4.69) is 0 Å². The number of nitrogens with two attached hydrogens (primary N) is 1. The third-order valence-corrected chi connectivity index (χ3v) is 6.90. The van der Waals surface area contributed by atoms with E-state index in [0.29, 0.717) is 28.5 Å². The molecule has 1 saturated heterocycles. The average Bonchev–Trinajstić information content (AvgIpc) is 2.41. The van der Waals surface area contributed by atoms with Crippen molar-refractivity contribution in [2.24, 2.45) is 5.73 Å². The molecule has 1 fully saturated rings. The van der Waals surface area contributed by atoms with Crippen LogP contribution in [0.3, 0.4) is 0 Å². The lowest BCUT2D eigenvalue weighted by molar-refractivity contribution is 0.133. The monoisotopic (exact) mass is 351 g/mol. The van der Waals surface area contributed by atoms with Crippen molar-refractivity contribution in [2.45, 2.75) is 36.5 Å². The largest absolute Gasteiger partial charge is 0.391 e. The van der Waals surface area contributed by atoms with Gasteiger partial charge in [-0.05, 0) is 30.5 Å². The number of hydrogen-bond donors (Lipinski definition) is 2. The van der Waals surface area contributed by atoms with E-state index < -0.39 is 27.1 Å². The fourth-order valence-corrected chi connectivity index (χ4v) is 5.47. The molecule has 3 atom stereocenters. The summed E-state index contributed by atoms with van der Waals surface area (Å²) >= 11 is 12.0. The van der Waals surface area contributed by atoms with Gasteiger partial charge in [-0.15, -0.1) is 0 Å². The lowest BCUT2D eigenvalue weighted by atomic mass is 9.90. The van der Waals surface area contributed by atoms with Gasteiger partial charge >= 0.3 is 0 Å². The summed E-state index contributed by atoms with van der Waals surface area (Å²) in [7, 11) is -3.28. The molecule has 1 aromatic carbocycles. The first kappa shape index (κ1) is 17.0. The number of benzene rings is 1. The summed E-state index contributed by atoms with van der Waals surface area (Å²) < 4.78 is 24.3. The van der Waals surface area contributed by atoms with Crippen molar-refractivity contribution in [3.8, 4) is 0 Å². The van der Waals surface area contributed by atoms with Crippen LogP contribution in [0.4, 0.5) is 0 Å². The Hall–Kier alpha value is -0.330. The summed E-state index contributed by atoms with van der Waals surface area (Å²) in [6, 6.07) is 4.93. The number of rotatable bonds is 4. The van der Waals surface area contributed by atoms with Gasteiger partial charge in [-0.2, -0.15) is 0 Å². The van der Waals surface area contributed by atoms with E-state index in [9.17, 15) is 13.5 Å². The first-order valence-corrected chi connectivity index (χ1v) is 9.38. The molecule has 3 unspecified atom stereocenters. The van der Waals surface area contributed by atoms with E-state index in [4.69, 9.17) is 28.9 Å². The average molecular weight is 352 g/mol. The maximum Gasteiger partial charge on any atom is 0.155 e. The van der Waals surface area contributed by atoms with Crippen molar-refractivity contribution in [1.29, 1.82) is 0 Å². The first-order valence-electron chi connectivity index (χ1n) is 6.91. The van der Waals surface area contributed by atoms with Crippen LogP contribution in [0.2, 0.25) is 10.0 Å². The standard InChI is InChI=1S/C14H19Cl2NO3S/c15-9-4-5-10(12(16)7-9)11(8-17)14(18)13-3-1-2-6-21(13,19)20/h4-5,7,11,13-14,18H,1-3,6,8,17H2. The van der Waals surface area contributed by atoms with Gasteiger partial charge in [0.05, 0.1) is 17.1 Å². The predicted molar refractivity (Wildman–Crippen MR) is 85.7 cm³/mol. The van der Waals surface area contributed by atoms with Gasteiger partial charge in [0.15, 0.2) is 9.84 Å². The highest BCUT2D eigenvalue weighted by atomic mass is 35.5. The van der Waals surface area contributed by atoms with E-state index >= 15 is 0 Å². The molecule has 4 nitrogen and oxygen atoms in total. The van der Waals surface area contributed by atoms with E-state index in [1.54, 1.807) is 18.2 Å². The zero-order valence-electron chi connectivity index (χ0n) is 11.5. The Balaban J connectivity index is 2.32. The van der Waals surface area contributed by atoms with Crippen LogP contribution in [0.1, 0.15) is 30.7 Å². The van der Waals surface area contributed by atoms with Crippen molar-refractivity contribution in [3.63, 3.8) is 0 Å². The van der Waals surface area contributed by atoms with Crippen LogP contribution in [-0.2, 0) is 9.84 Å². The molecule has 0 bridgehead atoms. The van der Waals surface area contributed by atoms with E-state index in [1.165, 1.54) is 0 Å². The molecule has 118 valence electrons. The van der Waals surface area contributed by atoms with E-state index in [-0.39, 0.29) is 12.3 Å². The fourth-order valence-electron chi connectivity index (χ4n) is 2.87. The molecule has 0 spiro atoms. The zero-order chi connectivity index (χ0) is 15.6. The van der Waals surface area contributed by atoms with Gasteiger partial charge < -0.3 is 10.8 Å². The van der Waals surface area contributed by atoms with Crippen molar-refractivity contribution in [2.75, 3.05) is 12.3 Å². The number of halogens is 2. The summed E-state index contributed by atoms with van der Waals surface area (Å²) in [5, 5.41) is 10.7. The number of sulfone groups is 1. The van der Waals surface area contributed by atoms with Crippen molar-refractivity contribution < 1.29 is 13.5 Å². The Bertz CT molecular complexity index is 606. The molecule has 0 amide bonds. The Labute approximate surface area is 135 Å². The number of hydrogen-bond acceptors (Lipinski definition) is 4. The van der Waals surface area contributed by atoms with Crippen LogP contribution in [0, 0.1) is 0 Å². The molecule has 2 rings (SSSR count). The Morgan fingerprint density at radius 3 is 2.62 bits per heavy atom. The first-order chi connectivity index (χ1) is 9.86. The molecule has 7 heteroatoms. The summed E-state index contributed by atoms with van der Waals surface area (Å²) in [4.78, 5) is 0. The Kier molecular flexibility index (Phi) is 5.54. The second kappa shape index (κ2) is 6.84. The summed E-state index contributed by atoms with van der Waals surface area (Å²) in [6.45, 7) is 0.120. The molecule has 21 heavy (non-hydrogen) atoms. The van der Waals surface area contributed by atoms with Crippen LogP contribution in [0.15, 0.2) is 18.2 Å².